The number of β-amino-alcohol motifs (C(OH)–C–C–N with tert-alkyl or cyclic N) is 1. The number of aliphatic hydroxyl groups excluding tert-OH is 1. The fourth-order valence-corrected chi connectivity index (χ4v) is 4.17. The van der Waals surface area contributed by atoms with Gasteiger partial charge in [0, 0.05) is 34.4 Å². The standard InChI is InChI=1S/C22H23BrClN5O7.CH4.FH/c23-16-4-11(24)3-15(20(16)35)17(6-19(33)34)29-18(32)9-25-21(36)10-1-12(5-13(30)2-10)28-22-26-7-14(31)8-27-22;;/h1-5,14,17,30-31,35H,6-9H2,(H,25,36)(H,29,32)(H,33,34)(H2,26,27,28);1H4;1H/t17-;;/m0../s1/i/hT. The van der Waals surface area contributed by atoms with Crippen molar-refractivity contribution in [2.45, 2.75) is 26.0 Å². The molecule has 0 aliphatic carbocycles. The van der Waals surface area contributed by atoms with Crippen molar-refractivity contribution in [1.29, 1.82) is 1.45 Å². The number of carboxylic acid groups (broad SMARTS) is 1. The number of guanidine groups is 1. The van der Waals surface area contributed by atoms with Crippen LogP contribution < -0.4 is 21.3 Å². The van der Waals surface area contributed by atoms with E-state index in [0.29, 0.717) is 18.2 Å². The van der Waals surface area contributed by atoms with Crippen molar-refractivity contribution in [3.05, 3.63) is 51.0 Å². The molecule has 0 spiro atoms. The molecule has 1 heterocycles. The molecule has 1 aliphatic heterocycles. The SMILES string of the molecule is C.O=C(O)C[C@H](NC(=O)CNC(=O)c1cc(O)cc(NC2=NCC(O)CN2)c1)c1cc(Cl)cc(Br)c1O.[3H]F. The number of nitrogens with zero attached hydrogens (tertiary/aromatic N) is 1. The number of halogens is 3. The number of aromatic hydroxyl groups is 2. The number of hydrogen-bond donors (Lipinski definition) is 8. The van der Waals surface area contributed by atoms with Gasteiger partial charge in [0.1, 0.15) is 11.5 Å². The van der Waals surface area contributed by atoms with Crippen LogP contribution in [-0.2, 0) is 9.59 Å². The van der Waals surface area contributed by atoms with Gasteiger partial charge in [0.2, 0.25) is 5.91 Å². The Morgan fingerprint density at radius 2 is 1.95 bits per heavy atom. The van der Waals surface area contributed by atoms with Crippen LogP contribution in [0, 0.1) is 0 Å². The summed E-state index contributed by atoms with van der Waals surface area (Å²) in [5, 5.41) is 49.8. The number of rotatable bonds is 8. The molecular formula is C23H28BrClFN5O7. The minimum absolute atomic E-state index is 0. The maximum Gasteiger partial charge on any atom is 0.305 e. The first kappa shape index (κ1) is 30.6. The van der Waals surface area contributed by atoms with Crippen molar-refractivity contribution in [3.63, 3.8) is 0 Å². The number of phenols is 2. The summed E-state index contributed by atoms with van der Waals surface area (Å²) < 4.78 is 13.2. The summed E-state index contributed by atoms with van der Waals surface area (Å²) in [5.74, 6) is -2.76. The number of anilines is 1. The smallest absolute Gasteiger partial charge is 0.305 e. The number of carbonyl (C=O) groups is 3. The molecule has 8 N–H and O–H groups in total. The number of nitrogens with one attached hydrogen (secondary N) is 4. The zero-order chi connectivity index (χ0) is 28.4. The number of carbonyl (C=O) groups excluding carboxylic acids is 2. The van der Waals surface area contributed by atoms with Crippen LogP contribution >= 0.6 is 27.5 Å². The summed E-state index contributed by atoms with van der Waals surface area (Å²) in [5.41, 5.74) is 0.475. The zero-order valence-electron chi connectivity index (χ0n) is 20.0. The van der Waals surface area contributed by atoms with Crippen LogP contribution in [-0.4, -0.2) is 71.4 Å². The van der Waals surface area contributed by atoms with Crippen molar-refractivity contribution < 1.29 is 39.5 Å². The third-order valence-corrected chi connectivity index (χ3v) is 5.79. The lowest BCUT2D eigenvalue weighted by Crippen LogP contribution is -2.42. The first-order valence-corrected chi connectivity index (χ1v) is 11.7. The lowest BCUT2D eigenvalue weighted by Gasteiger charge is -2.20. The quantitative estimate of drug-likeness (QED) is 0.218. The Balaban J connectivity index is 0.00000248. The van der Waals surface area contributed by atoms with Crippen LogP contribution in [0.25, 0.3) is 0 Å². The first-order chi connectivity index (χ1) is 18.0. The van der Waals surface area contributed by atoms with E-state index in [1.807, 2.05) is 0 Å². The first-order valence-electron chi connectivity index (χ1n) is 10.9. The minimum atomic E-state index is -1.23. The lowest BCUT2D eigenvalue weighted by molar-refractivity contribution is -0.137. The molecule has 0 radical (unpaired) electrons. The highest BCUT2D eigenvalue weighted by molar-refractivity contribution is 9.10. The van der Waals surface area contributed by atoms with Crippen molar-refractivity contribution in [2.24, 2.45) is 4.99 Å². The molecule has 38 heavy (non-hydrogen) atoms. The van der Waals surface area contributed by atoms with Gasteiger partial charge in [-0.3, -0.25) is 24.1 Å². The summed E-state index contributed by atoms with van der Waals surface area (Å²) in [6.45, 7) is -0.0225. The Morgan fingerprint density at radius 3 is 2.58 bits per heavy atom. The average Bonchev–Trinajstić information content (AvgIpc) is 2.86. The summed E-state index contributed by atoms with van der Waals surface area (Å²) >= 11 is 9.12. The van der Waals surface area contributed by atoms with Crippen molar-refractivity contribution in [2.75, 3.05) is 25.0 Å². The van der Waals surface area contributed by atoms with Crippen molar-refractivity contribution in [3.8, 4) is 11.5 Å². The Hall–Kier alpha value is -3.62. The molecule has 1 unspecified atom stereocenters. The monoisotopic (exact) mass is 621 g/mol. The Morgan fingerprint density at radius 1 is 1.24 bits per heavy atom. The fraction of sp³-hybridized carbons (Fsp3) is 0.304. The molecule has 0 saturated carbocycles. The van der Waals surface area contributed by atoms with Gasteiger partial charge in [-0.25, -0.2) is 0 Å². The fourth-order valence-electron chi connectivity index (χ4n) is 3.34. The third-order valence-electron chi connectivity index (χ3n) is 4.96. The number of amides is 2. The van der Waals surface area contributed by atoms with Gasteiger partial charge in [-0.2, -0.15) is 0 Å². The summed E-state index contributed by atoms with van der Waals surface area (Å²) in [7, 11) is 0. The predicted molar refractivity (Wildman–Crippen MR) is 144 cm³/mol. The summed E-state index contributed by atoms with van der Waals surface area (Å²) in [6.07, 6.45) is -1.15. The maximum atomic E-state index is 12.6. The van der Waals surface area contributed by atoms with E-state index >= 15 is 0 Å². The van der Waals surface area contributed by atoms with E-state index in [2.05, 4.69) is 43.6 Å². The van der Waals surface area contributed by atoms with Crippen LogP contribution in [0.4, 0.5) is 10.4 Å². The normalized spacial score (nSPS) is 15.1. The van der Waals surface area contributed by atoms with E-state index in [0.717, 1.165) is 0 Å². The largest absolute Gasteiger partial charge is 0.508 e. The Labute approximate surface area is 232 Å². The molecule has 1 aliphatic rings. The highest BCUT2D eigenvalue weighted by Crippen LogP contribution is 2.36. The molecule has 0 bridgehead atoms. The van der Waals surface area contributed by atoms with E-state index < -0.39 is 42.9 Å². The molecule has 12 nitrogen and oxygen atoms in total. The third kappa shape index (κ3) is 9.04. The second kappa shape index (κ2) is 14.4. The number of phenolic OH excluding ortho intramolecular Hbond substituents is 2. The van der Waals surface area contributed by atoms with Gasteiger partial charge in [-0.05, 0) is 40.2 Å². The number of benzene rings is 2. The molecule has 2 amide bonds. The number of aliphatic imine (C=N–C) groups is 1. The molecule has 0 aromatic heterocycles. The molecule has 2 atom stereocenters. The minimum Gasteiger partial charge on any atom is -0.508 e. The van der Waals surface area contributed by atoms with Gasteiger partial charge in [0.05, 0.1) is 36.1 Å². The van der Waals surface area contributed by atoms with Gasteiger partial charge in [0.25, 0.3) is 7.36 Å². The predicted octanol–water partition coefficient (Wildman–Crippen LogP) is 2.10. The van der Waals surface area contributed by atoms with E-state index in [4.69, 9.17) is 16.3 Å². The summed E-state index contributed by atoms with van der Waals surface area (Å²) in [6, 6.07) is 5.62. The lowest BCUT2D eigenvalue weighted by atomic mass is 10.0. The van der Waals surface area contributed by atoms with Crippen LogP contribution in [0.3, 0.4) is 0 Å². The van der Waals surface area contributed by atoms with Crippen molar-refractivity contribution in [1.82, 2.24) is 16.0 Å². The van der Waals surface area contributed by atoms with E-state index in [1.54, 1.807) is 0 Å². The zero-order valence-corrected chi connectivity index (χ0v) is 21.3. The second-order valence-corrected chi connectivity index (χ2v) is 9.13. The number of aliphatic hydroxyl groups is 1. The highest BCUT2D eigenvalue weighted by atomic mass is 79.9. The van der Waals surface area contributed by atoms with Crippen LogP contribution in [0.2, 0.25) is 5.02 Å². The maximum absolute atomic E-state index is 12.6. The van der Waals surface area contributed by atoms with E-state index in [9.17, 15) is 34.8 Å². The van der Waals surface area contributed by atoms with Crippen LogP contribution in [0.15, 0.2) is 39.8 Å². The average molecular weight is 623 g/mol. The number of hydrogen-bond acceptors (Lipinski definition) is 9. The van der Waals surface area contributed by atoms with Crippen LogP contribution in [0.5, 0.6) is 11.5 Å². The highest BCUT2D eigenvalue weighted by Gasteiger charge is 2.23. The Bertz CT molecular complexity index is 1220. The molecule has 0 saturated heterocycles. The van der Waals surface area contributed by atoms with Crippen LogP contribution in [0.1, 0.15) is 35.8 Å². The van der Waals surface area contributed by atoms with Gasteiger partial charge in [-0.15, -0.1) is 0 Å². The van der Waals surface area contributed by atoms with E-state index in [-0.39, 0.29) is 46.1 Å². The summed E-state index contributed by atoms with van der Waals surface area (Å²) in [4.78, 5) is 40.5. The molecular weight excluding hydrogens is 593 g/mol. The van der Waals surface area contributed by atoms with E-state index in [1.165, 1.54) is 30.3 Å². The van der Waals surface area contributed by atoms with Gasteiger partial charge < -0.3 is 41.7 Å². The molecule has 3 rings (SSSR count). The topological polar surface area (TPSA) is 193 Å². The van der Waals surface area contributed by atoms with Gasteiger partial charge in [0.15, 0.2) is 5.96 Å². The van der Waals surface area contributed by atoms with Gasteiger partial charge in [-0.1, -0.05) is 19.0 Å². The Kier molecular flexibility index (Phi) is 11.6. The van der Waals surface area contributed by atoms with Gasteiger partial charge >= 0.3 is 5.97 Å². The molecule has 0 fully saturated rings. The molecule has 15 heteroatoms. The van der Waals surface area contributed by atoms with Crippen molar-refractivity contribution >= 4 is 57.0 Å². The molecule has 2 aromatic rings. The molecule has 208 valence electrons. The second-order valence-electron chi connectivity index (χ2n) is 7.84. The molecule has 2 aromatic carbocycles. The number of aliphatic carboxylic acids is 1. The number of carboxylic acids is 1.